The molecule has 10 heteroatoms. The molecule has 0 aliphatic rings. The van der Waals surface area contributed by atoms with Crippen LogP contribution in [0.4, 0.5) is 0 Å². The van der Waals surface area contributed by atoms with Crippen molar-refractivity contribution in [3.8, 4) is 5.75 Å². The van der Waals surface area contributed by atoms with Crippen molar-refractivity contribution in [2.45, 2.75) is 6.92 Å². The number of carbonyl (C=O) groups excluding carboxylic acids is 1. The van der Waals surface area contributed by atoms with E-state index in [2.05, 4.69) is 49.1 Å². The Morgan fingerprint density at radius 2 is 2.16 bits per heavy atom. The zero-order valence-corrected chi connectivity index (χ0v) is 16.6. The topological polar surface area (TPSA) is 73.3 Å². The number of hydrogen-bond donors (Lipinski definition) is 0. The van der Waals surface area contributed by atoms with Gasteiger partial charge in [0.15, 0.2) is 21.4 Å². The number of carbonyl (C=O) groups is 1. The molecule has 0 amide bonds. The van der Waals surface area contributed by atoms with E-state index in [1.807, 2.05) is 0 Å². The summed E-state index contributed by atoms with van der Waals surface area (Å²) in [4.78, 5) is 15.6. The lowest BCUT2D eigenvalue weighted by molar-refractivity contribution is 0.101. The maximum Gasteiger partial charge on any atom is 0.196 e. The molecule has 0 aliphatic heterocycles. The second-order valence-electron chi connectivity index (χ2n) is 3.34. The largest absolute Gasteiger partial charge is 0.418 e. The second kappa shape index (κ2) is 8.30. The predicted octanol–water partition coefficient (Wildman–Crippen LogP) is 3.82. The van der Waals surface area contributed by atoms with Crippen LogP contribution in [0.1, 0.15) is 17.4 Å². The lowest BCUT2D eigenvalue weighted by Gasteiger charge is -2.05. The van der Waals surface area contributed by atoms with Gasteiger partial charge >= 0.3 is 0 Å². The molecule has 0 radical (unpaired) electrons. The third kappa shape index (κ3) is 6.87. The number of sulfone groups is 1. The van der Waals surface area contributed by atoms with E-state index in [1.165, 1.54) is 30.8 Å². The number of aromatic nitrogens is 1. The summed E-state index contributed by atoms with van der Waals surface area (Å²) in [6.45, 7) is 1.51. The Kier molecular flexibility index (Phi) is 7.80. The lowest BCUT2D eigenvalue weighted by atomic mass is 10.3. The quantitative estimate of drug-likeness (QED) is 0.225. The van der Waals surface area contributed by atoms with Crippen molar-refractivity contribution in [2.75, 3.05) is 11.5 Å². The lowest BCUT2D eigenvalue weighted by Crippen LogP contribution is -2.18. The van der Waals surface area contributed by atoms with Gasteiger partial charge in [-0.15, -0.1) is 0 Å². The number of Topliss-reactive ketones (excluding diaryl/α,β-unsaturated/α-hetero) is 1. The molecule has 1 heterocycles. The summed E-state index contributed by atoms with van der Waals surface area (Å²) >= 11 is 5.84. The monoisotopic (exact) mass is 545 g/mol. The maximum absolute atomic E-state index is 11.7. The van der Waals surface area contributed by atoms with Crippen molar-refractivity contribution in [1.29, 1.82) is 0 Å². The normalized spacial score (nSPS) is 11.6. The average Bonchev–Trinajstić information content (AvgIpc) is 2.36. The predicted molar refractivity (Wildman–Crippen MR) is 96.1 cm³/mol. The highest BCUT2D eigenvalue weighted by atomic mass is 127. The third-order valence-corrected chi connectivity index (χ3v) is 7.42. The van der Waals surface area contributed by atoms with Crippen LogP contribution in [0.5, 0.6) is 5.75 Å². The summed E-state index contributed by atoms with van der Waals surface area (Å²) < 4.78 is 27.8. The third-order valence-electron chi connectivity index (χ3n) is 2.00. The fourth-order valence-electron chi connectivity index (χ4n) is 1.04. The van der Waals surface area contributed by atoms with Crippen molar-refractivity contribution in [2.24, 2.45) is 0 Å². The SMILES string of the molecule is CCS(=O)(=O)CC(=O)c1ccc(OSP(I)I)cn1. The van der Waals surface area contributed by atoms with Gasteiger partial charge in [-0.05, 0) is 56.2 Å². The van der Waals surface area contributed by atoms with Crippen LogP contribution in [-0.4, -0.2) is 30.7 Å². The van der Waals surface area contributed by atoms with Crippen LogP contribution in [0.15, 0.2) is 18.3 Å². The highest BCUT2D eigenvalue weighted by molar-refractivity contribution is 14.3. The number of halogens is 2. The van der Waals surface area contributed by atoms with Crippen LogP contribution in [0.25, 0.3) is 0 Å². The molecule has 106 valence electrons. The van der Waals surface area contributed by atoms with Gasteiger partial charge in [0.2, 0.25) is 0 Å². The zero-order chi connectivity index (χ0) is 14.5. The van der Waals surface area contributed by atoms with Gasteiger partial charge in [-0.3, -0.25) is 4.79 Å². The fourth-order valence-corrected chi connectivity index (χ4v) is 3.91. The summed E-state index contributed by atoms with van der Waals surface area (Å²) in [5.41, 5.74) is 0.139. The highest BCUT2D eigenvalue weighted by Gasteiger charge is 2.17. The van der Waals surface area contributed by atoms with Crippen LogP contribution in [0.2, 0.25) is 0 Å². The Balaban J connectivity index is 2.68. The molecule has 0 unspecified atom stereocenters. The van der Waals surface area contributed by atoms with Gasteiger partial charge in [-0.25, -0.2) is 13.4 Å². The van der Waals surface area contributed by atoms with E-state index >= 15 is 0 Å². The number of nitrogens with zero attached hydrogens (tertiary/aromatic N) is 1. The molecule has 1 rings (SSSR count). The Morgan fingerprint density at radius 3 is 2.63 bits per heavy atom. The van der Waals surface area contributed by atoms with E-state index in [4.69, 9.17) is 4.18 Å². The van der Waals surface area contributed by atoms with Crippen LogP contribution >= 0.6 is 58.2 Å². The number of rotatable bonds is 7. The van der Waals surface area contributed by atoms with Gasteiger partial charge in [-0.2, -0.15) is 0 Å². The molecule has 0 N–H and O–H groups in total. The smallest absolute Gasteiger partial charge is 0.196 e. The van der Waals surface area contributed by atoms with E-state index in [-0.39, 0.29) is 13.9 Å². The second-order valence-corrected chi connectivity index (χ2v) is 23.2. The van der Waals surface area contributed by atoms with Gasteiger partial charge < -0.3 is 4.18 Å². The van der Waals surface area contributed by atoms with E-state index in [0.717, 1.165) is 0 Å². The van der Waals surface area contributed by atoms with Crippen LogP contribution in [0, 0.1) is 0 Å². The summed E-state index contributed by atoms with van der Waals surface area (Å²) in [6.07, 6.45) is 1.42. The summed E-state index contributed by atoms with van der Waals surface area (Å²) in [7, 11) is -3.32. The Hall–Kier alpha value is 0.810. The molecule has 19 heavy (non-hydrogen) atoms. The Bertz CT molecular complexity index is 536. The zero-order valence-electron chi connectivity index (χ0n) is 9.75. The maximum atomic E-state index is 11.7. The van der Waals surface area contributed by atoms with Gasteiger partial charge in [0.25, 0.3) is 0 Å². The standard InChI is InChI=1S/C9H10I2NO4PS2/c1-2-19(14,15)6-9(13)8-4-3-7(5-12-8)16-18-17(10)11/h3-5H,2,6H2,1H3. The molecule has 0 fully saturated rings. The molecule has 1 aromatic heterocycles. The summed E-state index contributed by atoms with van der Waals surface area (Å²) in [5, 5.41) is 0. The van der Waals surface area contributed by atoms with Gasteiger partial charge in [0.05, 0.1) is 6.20 Å². The van der Waals surface area contributed by atoms with Crippen molar-refractivity contribution in [3.63, 3.8) is 0 Å². The fraction of sp³-hybridized carbons (Fsp3) is 0.333. The molecule has 0 saturated heterocycles. The Morgan fingerprint density at radius 1 is 1.47 bits per heavy atom. The molecule has 0 saturated carbocycles. The first kappa shape index (κ1) is 17.9. The molecule has 5 nitrogen and oxygen atoms in total. The number of ketones is 1. The van der Waals surface area contributed by atoms with Gasteiger partial charge in [0.1, 0.15) is 25.5 Å². The van der Waals surface area contributed by atoms with E-state index in [9.17, 15) is 13.2 Å². The van der Waals surface area contributed by atoms with Crippen LogP contribution in [-0.2, 0) is 9.84 Å². The molecule has 0 bridgehead atoms. The number of hydrogen-bond acceptors (Lipinski definition) is 6. The molecule has 0 aliphatic carbocycles. The van der Waals surface area contributed by atoms with Crippen molar-refractivity contribution >= 4 is 73.8 Å². The minimum Gasteiger partial charge on any atom is -0.418 e. The average molecular weight is 545 g/mol. The molecular formula is C9H10I2NO4PS2. The highest BCUT2D eigenvalue weighted by Crippen LogP contribution is 2.64. The first-order chi connectivity index (χ1) is 8.84. The van der Waals surface area contributed by atoms with E-state index < -0.39 is 21.4 Å². The first-order valence-electron chi connectivity index (χ1n) is 5.00. The van der Waals surface area contributed by atoms with E-state index in [1.54, 1.807) is 6.07 Å². The minimum atomic E-state index is -3.32. The summed E-state index contributed by atoms with van der Waals surface area (Å²) in [6, 6.07) is 3.09. The van der Waals surface area contributed by atoms with Crippen LogP contribution in [0.3, 0.4) is 0 Å². The first-order valence-corrected chi connectivity index (χ1v) is 15.1. The van der Waals surface area contributed by atoms with Gasteiger partial charge in [0, 0.05) is 5.75 Å². The molecule has 0 atom stereocenters. The van der Waals surface area contributed by atoms with Crippen LogP contribution < -0.4 is 4.18 Å². The molecule has 1 aromatic rings. The Labute approximate surface area is 143 Å². The molecule has 0 spiro atoms. The van der Waals surface area contributed by atoms with Gasteiger partial charge in [-0.1, -0.05) is 6.92 Å². The molecule has 0 aromatic carbocycles. The molecular weight excluding hydrogens is 535 g/mol. The summed E-state index contributed by atoms with van der Waals surface area (Å²) in [5.74, 6) is -0.504. The van der Waals surface area contributed by atoms with E-state index in [0.29, 0.717) is 5.75 Å². The van der Waals surface area contributed by atoms with Crippen molar-refractivity contribution in [3.05, 3.63) is 24.0 Å². The minimum absolute atomic E-state index is 0.0502. The van der Waals surface area contributed by atoms with Crippen molar-refractivity contribution in [1.82, 2.24) is 4.98 Å². The number of pyridine rings is 1. The van der Waals surface area contributed by atoms with Crippen molar-refractivity contribution < 1.29 is 17.4 Å².